The van der Waals surface area contributed by atoms with E-state index in [0.717, 1.165) is 0 Å². The van der Waals surface area contributed by atoms with Crippen LogP contribution in [0.2, 0.25) is 0 Å². The Bertz CT molecular complexity index is 77.7. The summed E-state index contributed by atoms with van der Waals surface area (Å²) in [6.07, 6.45) is -1.35. The number of hydrogen-bond acceptors (Lipinski definition) is 4. The van der Waals surface area contributed by atoms with Crippen molar-refractivity contribution in [3.05, 3.63) is 0 Å². The van der Waals surface area contributed by atoms with Gasteiger partial charge < -0.3 is 19.7 Å². The number of rotatable bonds is 3. The molecule has 0 fully saturated rings. The van der Waals surface area contributed by atoms with E-state index >= 15 is 0 Å². The molecule has 4 nitrogen and oxygen atoms in total. The molecular weight excluding hydrogens is 126 g/mol. The summed E-state index contributed by atoms with van der Waals surface area (Å²) in [5.41, 5.74) is 0. The molecule has 0 bridgehead atoms. The van der Waals surface area contributed by atoms with Crippen molar-refractivity contribution in [2.24, 2.45) is 0 Å². The van der Waals surface area contributed by atoms with Gasteiger partial charge in [0.25, 0.3) is 6.16 Å². The Morgan fingerprint density at radius 3 is 2.20 bits per heavy atom. The van der Waals surface area contributed by atoms with Gasteiger partial charge in [-0.3, -0.25) is 0 Å². The van der Waals surface area contributed by atoms with Crippen LogP contribution in [0.1, 0.15) is 6.42 Å². The Hall–Kier alpha value is 0.425. The molecule has 0 saturated carbocycles. The Morgan fingerprint density at radius 2 is 1.90 bits per heavy atom. The van der Waals surface area contributed by atoms with Gasteiger partial charge in [0.15, 0.2) is 0 Å². The second-order valence-corrected chi connectivity index (χ2v) is 1.16. The SMILES string of the molecule is O=C([O-])OCCC[O-].[Li+].[Li+]. The summed E-state index contributed by atoms with van der Waals surface area (Å²) < 4.78 is 3.89. The third kappa shape index (κ3) is 15.8. The van der Waals surface area contributed by atoms with Gasteiger partial charge in [0.05, 0.1) is 0 Å². The van der Waals surface area contributed by atoms with E-state index in [9.17, 15) is 15.0 Å². The third-order valence-corrected chi connectivity index (χ3v) is 0.509. The molecule has 6 heteroatoms. The van der Waals surface area contributed by atoms with Crippen molar-refractivity contribution in [1.82, 2.24) is 0 Å². The maximum Gasteiger partial charge on any atom is 1.00 e. The number of hydrogen-bond donors (Lipinski definition) is 0. The van der Waals surface area contributed by atoms with Gasteiger partial charge in [0, 0.05) is 6.61 Å². The van der Waals surface area contributed by atoms with Crippen LogP contribution in [-0.4, -0.2) is 19.4 Å². The number of carboxylic acid groups (broad SMARTS) is 1. The zero-order valence-corrected chi connectivity index (χ0v) is 6.25. The van der Waals surface area contributed by atoms with Gasteiger partial charge in [-0.2, -0.15) is 0 Å². The van der Waals surface area contributed by atoms with Crippen LogP contribution in [0, 0.1) is 0 Å². The number of carbonyl (C=O) groups excluding carboxylic acids is 1. The van der Waals surface area contributed by atoms with Crippen LogP contribution in [0.25, 0.3) is 0 Å². The van der Waals surface area contributed by atoms with Gasteiger partial charge in [-0.15, -0.1) is 6.61 Å². The summed E-state index contributed by atoms with van der Waals surface area (Å²) >= 11 is 0. The molecule has 0 rings (SSSR count). The van der Waals surface area contributed by atoms with E-state index in [1.165, 1.54) is 0 Å². The summed E-state index contributed by atoms with van der Waals surface area (Å²) in [7, 11) is 0. The largest absolute Gasteiger partial charge is 1.00 e. The molecule has 0 unspecified atom stereocenters. The van der Waals surface area contributed by atoms with E-state index in [4.69, 9.17) is 0 Å². The standard InChI is InChI=1S/C4H7O4.2Li/c5-2-1-3-8-4(6)7;;/h1-3H2,(H,6,7);;/q-1;2*+1/p-1. The topological polar surface area (TPSA) is 72.4 Å². The van der Waals surface area contributed by atoms with E-state index in [1.807, 2.05) is 0 Å². The molecule has 0 aromatic heterocycles. The van der Waals surface area contributed by atoms with Crippen LogP contribution in [0.15, 0.2) is 0 Å². The molecular formula is C4H6Li2O4. The van der Waals surface area contributed by atoms with Crippen LogP contribution in [0.5, 0.6) is 0 Å². The van der Waals surface area contributed by atoms with Crippen LogP contribution in [-0.2, 0) is 4.74 Å². The molecule has 48 valence electrons. The Kier molecular flexibility index (Phi) is 20.4. The van der Waals surface area contributed by atoms with Crippen molar-refractivity contribution in [1.29, 1.82) is 0 Å². The molecule has 0 radical (unpaired) electrons. The summed E-state index contributed by atoms with van der Waals surface area (Å²) in [5.74, 6) is 0. The van der Waals surface area contributed by atoms with Gasteiger partial charge >= 0.3 is 37.7 Å². The summed E-state index contributed by atoms with van der Waals surface area (Å²) in [6, 6.07) is 0. The molecule has 0 aromatic carbocycles. The fourth-order valence-electron chi connectivity index (χ4n) is 0.214. The minimum atomic E-state index is -1.57. The first-order valence-corrected chi connectivity index (χ1v) is 2.19. The minimum absolute atomic E-state index is 0. The van der Waals surface area contributed by atoms with Gasteiger partial charge in [-0.25, -0.2) is 0 Å². The van der Waals surface area contributed by atoms with Crippen molar-refractivity contribution in [3.63, 3.8) is 0 Å². The number of carbonyl (C=O) groups is 1. The quantitative estimate of drug-likeness (QED) is 0.217. The van der Waals surface area contributed by atoms with Gasteiger partial charge in [0.2, 0.25) is 0 Å². The maximum atomic E-state index is 9.62. The third-order valence-electron chi connectivity index (χ3n) is 0.509. The Labute approximate surface area is 83.3 Å². The van der Waals surface area contributed by atoms with Gasteiger partial charge in [-0.1, -0.05) is 6.42 Å². The van der Waals surface area contributed by atoms with Gasteiger partial charge in [0.1, 0.15) is 0 Å². The van der Waals surface area contributed by atoms with E-state index in [0.29, 0.717) is 0 Å². The molecule has 0 aliphatic carbocycles. The van der Waals surface area contributed by atoms with Crippen LogP contribution < -0.4 is 47.9 Å². The molecule has 0 aromatic rings. The second-order valence-electron chi connectivity index (χ2n) is 1.16. The first-order valence-electron chi connectivity index (χ1n) is 2.19. The molecule has 0 aliphatic heterocycles. The maximum absolute atomic E-state index is 9.62. The van der Waals surface area contributed by atoms with Crippen LogP contribution >= 0.6 is 0 Å². The molecule has 0 spiro atoms. The summed E-state index contributed by atoms with van der Waals surface area (Å²) in [5, 5.41) is 19.1. The van der Waals surface area contributed by atoms with Crippen molar-refractivity contribution in [2.75, 3.05) is 13.2 Å². The molecule has 0 amide bonds. The van der Waals surface area contributed by atoms with Crippen molar-refractivity contribution >= 4 is 6.16 Å². The van der Waals surface area contributed by atoms with E-state index in [1.54, 1.807) is 0 Å². The van der Waals surface area contributed by atoms with Crippen LogP contribution in [0.4, 0.5) is 4.79 Å². The average molecular weight is 132 g/mol. The van der Waals surface area contributed by atoms with Gasteiger partial charge in [-0.05, 0) is 0 Å². The molecule has 0 N–H and O–H groups in total. The van der Waals surface area contributed by atoms with Crippen molar-refractivity contribution < 1.29 is 57.5 Å². The summed E-state index contributed by atoms with van der Waals surface area (Å²) in [4.78, 5) is 9.44. The molecule has 0 saturated heterocycles. The van der Waals surface area contributed by atoms with Crippen molar-refractivity contribution in [3.8, 4) is 0 Å². The molecule has 0 aliphatic rings. The molecule has 0 atom stereocenters. The predicted molar refractivity (Wildman–Crippen MR) is 20.8 cm³/mol. The summed E-state index contributed by atoms with van der Waals surface area (Å²) in [6.45, 7) is -0.362. The van der Waals surface area contributed by atoms with Crippen LogP contribution in [0.3, 0.4) is 0 Å². The first kappa shape index (κ1) is 16.8. The Balaban J connectivity index is -0.000000245. The second kappa shape index (κ2) is 12.1. The predicted octanol–water partition coefficient (Wildman–Crippen LogP) is -7.90. The average Bonchev–Trinajstić information content (AvgIpc) is 1.66. The number of ether oxygens (including phenoxy) is 1. The zero-order valence-electron chi connectivity index (χ0n) is 6.25. The normalized spacial score (nSPS) is 6.90. The fourth-order valence-corrected chi connectivity index (χ4v) is 0.214. The van der Waals surface area contributed by atoms with E-state index in [-0.39, 0.29) is 57.4 Å². The smallest absolute Gasteiger partial charge is 0.854 e. The van der Waals surface area contributed by atoms with Crippen molar-refractivity contribution in [2.45, 2.75) is 6.42 Å². The van der Waals surface area contributed by atoms with E-state index < -0.39 is 6.16 Å². The molecule has 0 heterocycles. The van der Waals surface area contributed by atoms with E-state index in [2.05, 4.69) is 4.74 Å². The first-order chi connectivity index (χ1) is 3.77. The Morgan fingerprint density at radius 1 is 1.40 bits per heavy atom. The zero-order chi connectivity index (χ0) is 6.41. The minimum Gasteiger partial charge on any atom is -0.854 e. The monoisotopic (exact) mass is 132 g/mol. The fraction of sp³-hybridized carbons (Fsp3) is 0.750. The molecule has 10 heavy (non-hydrogen) atoms.